The molecular formula is C53H54F6N14O2. The number of nitrogens with zero attached hydrogens (tertiary/aromatic N) is 11. The molecule has 0 atom stereocenters. The molecule has 0 saturated heterocycles. The number of anilines is 3. The van der Waals surface area contributed by atoms with E-state index < -0.39 is 12.7 Å². The summed E-state index contributed by atoms with van der Waals surface area (Å²) in [6, 6.07) is 32.7. The van der Waals surface area contributed by atoms with E-state index in [-0.39, 0.29) is 17.2 Å². The Morgan fingerprint density at radius 3 is 1.37 bits per heavy atom. The van der Waals surface area contributed by atoms with E-state index in [1.54, 1.807) is 62.0 Å². The van der Waals surface area contributed by atoms with Crippen molar-refractivity contribution in [1.82, 2.24) is 39.9 Å². The smallest absolute Gasteiger partial charge is 0.404 e. The number of halogens is 6. The fourth-order valence-corrected chi connectivity index (χ4v) is 4.61. The molecule has 0 spiro atoms. The van der Waals surface area contributed by atoms with Crippen molar-refractivity contribution in [2.24, 2.45) is 0 Å². The zero-order valence-electron chi connectivity index (χ0n) is 42.1. The summed E-state index contributed by atoms with van der Waals surface area (Å²) in [6.45, 7) is 27.6. The Morgan fingerprint density at radius 1 is 0.493 bits per heavy atom. The summed E-state index contributed by atoms with van der Waals surface area (Å²) in [6.07, 6.45) is -0.231. The standard InChI is InChI=1S/2C7H6F3NO.3C7H6N2.3C6H8N2/c1-5-2-3-6(4-11-5)12-7(8,9)10;1-5-6(3-2-4-11-5)12-7(8,9)10;1-6-3-4-7(8-2)5-9-6;1-6-4-3-5-7(8-2)9-6;1-6-7(5-8)3-2-4-9-6;1-5-2-3-6(7)4-8-5;1-5-6(7)3-2-4-8-5;1-5-3-2-4-6(7)8-5/h2*2-4H,1H3;2*3-5H,1H3;2-4H,1H3;2*2-4H,7H2,1H3;2-4H,1H3,(H2,7,8). The van der Waals surface area contributed by atoms with Crippen molar-refractivity contribution in [3.05, 3.63) is 220 Å². The van der Waals surface area contributed by atoms with E-state index in [9.17, 15) is 26.3 Å². The Hall–Kier alpha value is -9.75. The molecule has 0 aliphatic heterocycles. The van der Waals surface area contributed by atoms with E-state index >= 15 is 0 Å². The van der Waals surface area contributed by atoms with Crippen molar-refractivity contribution in [3.8, 4) is 17.6 Å². The molecule has 8 heterocycles. The second-order valence-corrected chi connectivity index (χ2v) is 14.7. The Morgan fingerprint density at radius 2 is 1.01 bits per heavy atom. The van der Waals surface area contributed by atoms with E-state index in [0.717, 1.165) is 51.7 Å². The summed E-state index contributed by atoms with van der Waals surface area (Å²) in [5.41, 5.74) is 25.2. The quantitative estimate of drug-likeness (QED) is 0.108. The van der Waals surface area contributed by atoms with Gasteiger partial charge in [0.1, 0.15) is 23.3 Å². The first-order valence-corrected chi connectivity index (χ1v) is 21.7. The van der Waals surface area contributed by atoms with E-state index in [4.69, 9.17) is 35.6 Å². The molecule has 0 saturated carbocycles. The maximum absolute atomic E-state index is 11.7. The van der Waals surface area contributed by atoms with Crippen LogP contribution in [0.4, 0.5) is 55.0 Å². The molecule has 0 bridgehead atoms. The maximum Gasteiger partial charge on any atom is 0.573 e. The number of alkyl halides is 6. The summed E-state index contributed by atoms with van der Waals surface area (Å²) >= 11 is 0. The van der Waals surface area contributed by atoms with Crippen LogP contribution in [0.15, 0.2) is 146 Å². The summed E-state index contributed by atoms with van der Waals surface area (Å²) in [4.78, 5) is 37.3. The predicted octanol–water partition coefficient (Wildman–Crippen LogP) is 12.6. The summed E-state index contributed by atoms with van der Waals surface area (Å²) in [5, 5.41) is 8.43. The summed E-state index contributed by atoms with van der Waals surface area (Å²) < 4.78 is 77.1. The molecule has 8 aromatic heterocycles. The first kappa shape index (κ1) is 63.3. The number of nitriles is 1. The number of ether oxygens (including phenoxy) is 2. The number of rotatable bonds is 2. The van der Waals surface area contributed by atoms with Gasteiger partial charge in [0.25, 0.3) is 5.82 Å². The third kappa shape index (κ3) is 31.3. The van der Waals surface area contributed by atoms with Gasteiger partial charge >= 0.3 is 12.7 Å². The van der Waals surface area contributed by atoms with Crippen LogP contribution >= 0.6 is 0 Å². The van der Waals surface area contributed by atoms with Gasteiger partial charge < -0.3 is 31.5 Å². The van der Waals surface area contributed by atoms with Gasteiger partial charge in [-0.25, -0.2) is 9.83 Å². The van der Waals surface area contributed by atoms with Gasteiger partial charge in [0, 0.05) is 54.5 Å². The predicted molar refractivity (Wildman–Crippen MR) is 276 cm³/mol. The molecule has 0 amide bonds. The van der Waals surface area contributed by atoms with Gasteiger partial charge in [-0.3, -0.25) is 29.9 Å². The van der Waals surface area contributed by atoms with Gasteiger partial charge in [0.15, 0.2) is 5.75 Å². The molecule has 8 rings (SSSR count). The highest BCUT2D eigenvalue weighted by molar-refractivity contribution is 5.42. The van der Waals surface area contributed by atoms with Crippen LogP contribution in [0.3, 0.4) is 0 Å². The van der Waals surface area contributed by atoms with Crippen LogP contribution in [0.2, 0.25) is 0 Å². The largest absolute Gasteiger partial charge is 0.573 e. The molecule has 0 aromatic carbocycles. The van der Waals surface area contributed by atoms with Gasteiger partial charge in [-0.2, -0.15) is 5.26 Å². The molecule has 22 heteroatoms. The molecule has 0 aliphatic rings. The molecule has 0 unspecified atom stereocenters. The fourth-order valence-electron chi connectivity index (χ4n) is 4.61. The highest BCUT2D eigenvalue weighted by atomic mass is 19.4. The van der Waals surface area contributed by atoms with Crippen LogP contribution in [0.5, 0.6) is 11.5 Å². The molecule has 0 fully saturated rings. The lowest BCUT2D eigenvalue weighted by molar-refractivity contribution is -0.275. The number of aromatic nitrogens is 8. The van der Waals surface area contributed by atoms with Crippen LogP contribution in [0.25, 0.3) is 9.69 Å². The number of nitrogen functional groups attached to an aromatic ring is 3. The van der Waals surface area contributed by atoms with Crippen LogP contribution in [-0.4, -0.2) is 52.6 Å². The third-order valence-electron chi connectivity index (χ3n) is 8.33. The monoisotopic (exact) mass is 1030 g/mol. The number of hydrogen-bond donors (Lipinski definition) is 3. The highest BCUT2D eigenvalue weighted by Gasteiger charge is 2.32. The molecule has 8 aromatic rings. The van der Waals surface area contributed by atoms with Gasteiger partial charge in [0.2, 0.25) is 5.69 Å². The van der Waals surface area contributed by atoms with E-state index in [0.29, 0.717) is 28.6 Å². The lowest BCUT2D eigenvalue weighted by Gasteiger charge is -2.09. The highest BCUT2D eigenvalue weighted by Crippen LogP contribution is 2.24. The van der Waals surface area contributed by atoms with E-state index in [1.807, 2.05) is 102 Å². The average molecular weight is 1030 g/mol. The van der Waals surface area contributed by atoms with Crippen LogP contribution < -0.4 is 26.7 Å². The molecule has 0 aliphatic carbocycles. The minimum absolute atomic E-state index is 0.217. The Labute approximate surface area is 431 Å². The third-order valence-corrected chi connectivity index (χ3v) is 8.33. The zero-order valence-corrected chi connectivity index (χ0v) is 42.1. The summed E-state index contributed by atoms with van der Waals surface area (Å²) in [5.74, 6) is 0.498. The van der Waals surface area contributed by atoms with Gasteiger partial charge in [0.05, 0.1) is 53.0 Å². The van der Waals surface area contributed by atoms with Crippen molar-refractivity contribution >= 4 is 28.7 Å². The fraction of sp³-hybridized carbons (Fsp3) is 0.189. The van der Waals surface area contributed by atoms with Crippen molar-refractivity contribution in [2.75, 3.05) is 17.2 Å². The van der Waals surface area contributed by atoms with Crippen LogP contribution in [0.1, 0.15) is 51.1 Å². The maximum atomic E-state index is 11.7. The average Bonchev–Trinajstić information content (AvgIpc) is 3.36. The minimum atomic E-state index is -4.65. The molecule has 6 N–H and O–H groups in total. The number of pyridine rings is 8. The molecule has 75 heavy (non-hydrogen) atoms. The number of hydrogen-bond acceptors (Lipinski definition) is 14. The molecular weight excluding hydrogens is 979 g/mol. The SMILES string of the molecule is Cc1ccc(N)cn1.Cc1ccc(OC(F)(F)F)cn1.Cc1cccc(N)n1.Cc1ncccc1C#N.Cc1ncccc1N.Cc1ncccc1OC(F)(F)F.[C-]#[N+]c1ccc(C)nc1.[C-]#[N+]c1cccc(C)n1. The number of aryl methyl sites for hydroxylation is 8. The Kier molecular flexibility index (Phi) is 28.5. The first-order valence-electron chi connectivity index (χ1n) is 21.7. The lowest BCUT2D eigenvalue weighted by atomic mass is 10.2. The van der Waals surface area contributed by atoms with E-state index in [2.05, 4.69) is 59.0 Å². The minimum Gasteiger partial charge on any atom is -0.404 e. The Balaban J connectivity index is 0.000000431. The van der Waals surface area contributed by atoms with Crippen molar-refractivity contribution in [1.29, 1.82) is 5.26 Å². The van der Waals surface area contributed by atoms with Crippen molar-refractivity contribution in [3.63, 3.8) is 0 Å². The number of nitrogens with two attached hydrogens (primary N) is 3. The molecule has 0 radical (unpaired) electrons. The van der Waals surface area contributed by atoms with Gasteiger partial charge in [-0.05, 0) is 133 Å². The Bertz CT molecular complexity index is 2970. The lowest BCUT2D eigenvalue weighted by Crippen LogP contribution is -2.17. The van der Waals surface area contributed by atoms with Crippen LogP contribution in [-0.2, 0) is 0 Å². The summed E-state index contributed by atoms with van der Waals surface area (Å²) in [7, 11) is 0. The normalized spacial score (nSPS) is 9.59. The molecule has 16 nitrogen and oxygen atoms in total. The topological polar surface area (TPSA) is 232 Å². The van der Waals surface area contributed by atoms with Crippen molar-refractivity contribution in [2.45, 2.75) is 68.1 Å². The second kappa shape index (κ2) is 33.8. The van der Waals surface area contributed by atoms with Crippen molar-refractivity contribution < 1.29 is 35.8 Å². The first-order chi connectivity index (χ1) is 35.3. The second-order valence-electron chi connectivity index (χ2n) is 14.7. The zero-order chi connectivity index (χ0) is 56.4. The van der Waals surface area contributed by atoms with Crippen LogP contribution in [0, 0.1) is 79.9 Å². The van der Waals surface area contributed by atoms with Gasteiger partial charge in [-0.1, -0.05) is 30.8 Å². The molecule has 390 valence electrons. The van der Waals surface area contributed by atoms with E-state index in [1.165, 1.54) is 37.4 Å². The van der Waals surface area contributed by atoms with Gasteiger partial charge in [-0.15, -0.1) is 31.3 Å².